The lowest BCUT2D eigenvalue weighted by Gasteiger charge is -2.33. The number of amides is 2. The predicted octanol–water partition coefficient (Wildman–Crippen LogP) is 3.59. The summed E-state index contributed by atoms with van der Waals surface area (Å²) in [7, 11) is 0. The van der Waals surface area contributed by atoms with Gasteiger partial charge in [0.1, 0.15) is 5.01 Å². The molecule has 0 unspecified atom stereocenters. The number of rotatable bonds is 7. The molecule has 0 bridgehead atoms. The highest BCUT2D eigenvalue weighted by Crippen LogP contribution is 2.26. The van der Waals surface area contributed by atoms with Crippen LogP contribution in [-0.2, 0) is 16.1 Å². The summed E-state index contributed by atoms with van der Waals surface area (Å²) in [6.07, 6.45) is 0. The molecule has 3 aromatic rings. The van der Waals surface area contributed by atoms with E-state index in [0.29, 0.717) is 17.9 Å². The Morgan fingerprint density at radius 1 is 1.00 bits per heavy atom. The maximum Gasteiger partial charge on any atom is 0.238 e. The van der Waals surface area contributed by atoms with Crippen LogP contribution in [0, 0.1) is 0 Å². The highest BCUT2D eigenvalue weighted by Gasteiger charge is 2.20. The van der Waals surface area contributed by atoms with E-state index in [1.54, 1.807) is 34.8 Å². The summed E-state index contributed by atoms with van der Waals surface area (Å²) in [6.45, 7) is 6.20. The fourth-order valence-corrected chi connectivity index (χ4v) is 5.10. The minimum atomic E-state index is -0.137. The van der Waals surface area contributed by atoms with Crippen LogP contribution in [0.4, 0.5) is 11.4 Å². The molecule has 31 heavy (non-hydrogen) atoms. The number of thiophene rings is 1. The minimum Gasteiger partial charge on any atom is -0.326 e. The van der Waals surface area contributed by atoms with Crippen molar-refractivity contribution in [2.24, 2.45) is 0 Å². The van der Waals surface area contributed by atoms with Crippen molar-refractivity contribution in [2.45, 2.75) is 13.5 Å². The highest BCUT2D eigenvalue weighted by atomic mass is 32.1. The number of benzene rings is 1. The van der Waals surface area contributed by atoms with Crippen LogP contribution in [0.25, 0.3) is 10.6 Å². The molecule has 0 saturated carbocycles. The molecule has 162 valence electrons. The third kappa shape index (κ3) is 6.20. The van der Waals surface area contributed by atoms with Crippen LogP contribution in [0.1, 0.15) is 11.9 Å². The molecule has 2 amide bonds. The lowest BCUT2D eigenvalue weighted by atomic mass is 10.2. The molecule has 0 spiro atoms. The number of piperazine rings is 1. The first kappa shape index (κ1) is 21.6. The third-order valence-electron chi connectivity index (χ3n) is 4.98. The van der Waals surface area contributed by atoms with Crippen LogP contribution < -0.4 is 10.6 Å². The van der Waals surface area contributed by atoms with E-state index >= 15 is 0 Å². The van der Waals surface area contributed by atoms with Gasteiger partial charge < -0.3 is 10.6 Å². The van der Waals surface area contributed by atoms with Gasteiger partial charge in [-0.1, -0.05) is 12.1 Å². The maximum absolute atomic E-state index is 12.4. The Balaban J connectivity index is 1.22. The lowest BCUT2D eigenvalue weighted by molar-refractivity contribution is -0.117. The van der Waals surface area contributed by atoms with E-state index in [-0.39, 0.29) is 11.8 Å². The Bertz CT molecular complexity index is 1030. The van der Waals surface area contributed by atoms with Crippen molar-refractivity contribution in [1.29, 1.82) is 0 Å². The number of anilines is 2. The zero-order chi connectivity index (χ0) is 21.6. The van der Waals surface area contributed by atoms with Crippen LogP contribution in [-0.4, -0.2) is 59.3 Å². The van der Waals surface area contributed by atoms with E-state index in [4.69, 9.17) is 4.98 Å². The Kier molecular flexibility index (Phi) is 7.08. The molecule has 2 aromatic heterocycles. The van der Waals surface area contributed by atoms with Gasteiger partial charge >= 0.3 is 0 Å². The Labute approximate surface area is 189 Å². The van der Waals surface area contributed by atoms with Crippen molar-refractivity contribution in [2.75, 3.05) is 43.4 Å². The summed E-state index contributed by atoms with van der Waals surface area (Å²) >= 11 is 3.42. The van der Waals surface area contributed by atoms with Gasteiger partial charge in [0, 0.05) is 49.9 Å². The van der Waals surface area contributed by atoms with Gasteiger partial charge in [-0.15, -0.1) is 22.7 Å². The number of thiazole rings is 1. The smallest absolute Gasteiger partial charge is 0.238 e. The standard InChI is InChI=1S/C22H25N5O2S2/c1-16(28)23-17-4-2-5-18(12-17)24-21(29)13-26-7-9-27(10-8-26)14-22-25-19(15-31-22)20-6-3-11-30-20/h2-6,11-12,15H,7-10,13-14H2,1H3,(H,23,28)(H,24,29). The molecule has 0 aliphatic carbocycles. The predicted molar refractivity (Wildman–Crippen MR) is 127 cm³/mol. The van der Waals surface area contributed by atoms with Gasteiger partial charge in [0.15, 0.2) is 0 Å². The van der Waals surface area contributed by atoms with E-state index < -0.39 is 0 Å². The monoisotopic (exact) mass is 455 g/mol. The van der Waals surface area contributed by atoms with Gasteiger partial charge in [0.05, 0.1) is 23.7 Å². The first-order valence-electron chi connectivity index (χ1n) is 10.2. The zero-order valence-corrected chi connectivity index (χ0v) is 19.0. The summed E-state index contributed by atoms with van der Waals surface area (Å²) in [4.78, 5) is 34.2. The SMILES string of the molecule is CC(=O)Nc1cccc(NC(=O)CN2CCN(Cc3nc(-c4cccs4)cs3)CC2)c1. The Morgan fingerprint density at radius 3 is 2.45 bits per heavy atom. The molecule has 0 atom stereocenters. The summed E-state index contributed by atoms with van der Waals surface area (Å²) in [5.74, 6) is -0.184. The van der Waals surface area contributed by atoms with Gasteiger partial charge in [0.2, 0.25) is 11.8 Å². The average molecular weight is 456 g/mol. The van der Waals surface area contributed by atoms with Crippen molar-refractivity contribution in [3.63, 3.8) is 0 Å². The van der Waals surface area contributed by atoms with E-state index in [1.165, 1.54) is 11.8 Å². The number of carbonyl (C=O) groups excluding carboxylic acids is 2. The second-order valence-corrected chi connectivity index (χ2v) is 9.36. The summed E-state index contributed by atoms with van der Waals surface area (Å²) in [6, 6.07) is 11.3. The largest absolute Gasteiger partial charge is 0.326 e. The van der Waals surface area contributed by atoms with Gasteiger partial charge in [-0.2, -0.15) is 0 Å². The van der Waals surface area contributed by atoms with Crippen molar-refractivity contribution in [3.05, 3.63) is 52.2 Å². The van der Waals surface area contributed by atoms with Crippen LogP contribution >= 0.6 is 22.7 Å². The number of nitrogens with one attached hydrogen (secondary N) is 2. The van der Waals surface area contributed by atoms with Crippen LogP contribution in [0.15, 0.2) is 47.2 Å². The molecule has 9 heteroatoms. The molecular formula is C22H25N5O2S2. The first-order valence-corrected chi connectivity index (χ1v) is 11.9. The van der Waals surface area contributed by atoms with E-state index in [0.717, 1.165) is 43.4 Å². The number of carbonyl (C=O) groups is 2. The first-order chi connectivity index (χ1) is 15.0. The average Bonchev–Trinajstić information content (AvgIpc) is 3.41. The summed E-state index contributed by atoms with van der Waals surface area (Å²) in [5.41, 5.74) is 2.41. The molecule has 1 saturated heterocycles. The second kappa shape index (κ2) is 10.1. The van der Waals surface area contributed by atoms with E-state index in [9.17, 15) is 9.59 Å². The van der Waals surface area contributed by atoms with Crippen molar-refractivity contribution in [1.82, 2.24) is 14.8 Å². The van der Waals surface area contributed by atoms with Gasteiger partial charge in [0.25, 0.3) is 0 Å². The summed E-state index contributed by atoms with van der Waals surface area (Å²) < 4.78 is 0. The number of hydrogen-bond acceptors (Lipinski definition) is 7. The molecule has 4 rings (SSSR count). The second-order valence-electron chi connectivity index (χ2n) is 7.47. The Morgan fingerprint density at radius 2 is 1.74 bits per heavy atom. The topological polar surface area (TPSA) is 77.6 Å². The Hall–Kier alpha value is -2.59. The van der Waals surface area contributed by atoms with E-state index in [1.807, 2.05) is 18.2 Å². The normalized spacial score (nSPS) is 15.0. The molecule has 1 aliphatic rings. The lowest BCUT2D eigenvalue weighted by Crippen LogP contribution is -2.48. The van der Waals surface area contributed by atoms with Gasteiger partial charge in [-0.3, -0.25) is 19.4 Å². The van der Waals surface area contributed by atoms with E-state index in [2.05, 4.69) is 37.3 Å². The maximum atomic E-state index is 12.4. The molecule has 1 aliphatic heterocycles. The molecule has 7 nitrogen and oxygen atoms in total. The fraction of sp³-hybridized carbons (Fsp3) is 0.318. The molecule has 3 heterocycles. The van der Waals surface area contributed by atoms with Gasteiger partial charge in [-0.25, -0.2) is 4.98 Å². The third-order valence-corrected chi connectivity index (χ3v) is 6.71. The van der Waals surface area contributed by atoms with Crippen molar-refractivity contribution < 1.29 is 9.59 Å². The number of aromatic nitrogens is 1. The molecule has 1 aromatic carbocycles. The van der Waals surface area contributed by atoms with Crippen LogP contribution in [0.2, 0.25) is 0 Å². The number of hydrogen-bond donors (Lipinski definition) is 2. The fourth-order valence-electron chi connectivity index (χ4n) is 3.50. The molecule has 2 N–H and O–H groups in total. The van der Waals surface area contributed by atoms with Crippen LogP contribution in [0.5, 0.6) is 0 Å². The highest BCUT2D eigenvalue weighted by molar-refractivity contribution is 7.14. The quantitative estimate of drug-likeness (QED) is 0.569. The van der Waals surface area contributed by atoms with Gasteiger partial charge in [-0.05, 0) is 29.6 Å². The molecular weight excluding hydrogens is 430 g/mol. The molecule has 1 fully saturated rings. The van der Waals surface area contributed by atoms with Crippen molar-refractivity contribution >= 4 is 45.9 Å². The summed E-state index contributed by atoms with van der Waals surface area (Å²) in [5, 5.41) is 11.0. The zero-order valence-electron chi connectivity index (χ0n) is 17.3. The van der Waals surface area contributed by atoms with Crippen LogP contribution in [0.3, 0.4) is 0 Å². The van der Waals surface area contributed by atoms with Crippen molar-refractivity contribution in [3.8, 4) is 10.6 Å². The molecule has 0 radical (unpaired) electrons. The minimum absolute atomic E-state index is 0.0473. The number of nitrogens with zero attached hydrogens (tertiary/aromatic N) is 3.